The summed E-state index contributed by atoms with van der Waals surface area (Å²) in [6, 6.07) is -1.73. The lowest BCUT2D eigenvalue weighted by molar-refractivity contribution is -0.337. The molecule has 7 amide bonds. The molecule has 0 radical (unpaired) electrons. The molecule has 135 heavy (non-hydrogen) atoms. The van der Waals surface area contributed by atoms with Crippen LogP contribution in [0.1, 0.15) is 118 Å². The molecule has 2 bridgehead atoms. The van der Waals surface area contributed by atoms with Gasteiger partial charge < -0.3 is 142 Å². The van der Waals surface area contributed by atoms with Crippen LogP contribution in [0.3, 0.4) is 0 Å². The van der Waals surface area contributed by atoms with Crippen molar-refractivity contribution in [2.24, 2.45) is 5.92 Å². The van der Waals surface area contributed by atoms with Gasteiger partial charge >= 0.3 is 0 Å². The summed E-state index contributed by atoms with van der Waals surface area (Å²) in [5.74, 6) is 7.59. The van der Waals surface area contributed by atoms with Crippen LogP contribution in [-0.2, 0) is 114 Å². The minimum Gasteiger partial charge on any atom is -0.492 e. The van der Waals surface area contributed by atoms with E-state index in [4.69, 9.17) is 90.1 Å². The number of ketones is 1. The number of fused-ring (bicyclic) bond motifs is 2. The number of Topliss-reactive ketones (excluding diaryl/α,β-unsaturated/α-hetero) is 1. The average molecular weight is 2080 g/mol. The number of nitrogens with one attached hydrogen (secondary N) is 5. The summed E-state index contributed by atoms with van der Waals surface area (Å²) in [5, 5.41) is 78.7. The van der Waals surface area contributed by atoms with Crippen molar-refractivity contribution in [3.05, 3.63) is 61.9 Å². The van der Waals surface area contributed by atoms with Gasteiger partial charge in [-0.3, -0.25) is 52.9 Å². The van der Waals surface area contributed by atoms with Crippen LogP contribution >= 0.6 is 55.9 Å². The maximum absolute atomic E-state index is 14.6. The molecule has 11 N–H and O–H groups in total. The Kier molecular flexibility index (Phi) is 49.3. The van der Waals surface area contributed by atoms with Crippen molar-refractivity contribution in [2.45, 2.75) is 221 Å². The number of hydrogen-bond donors (Lipinski definition) is 11. The normalized spacial score (nSPS) is 27.3. The molecule has 1 aromatic rings. The van der Waals surface area contributed by atoms with Gasteiger partial charge in [-0.1, -0.05) is 63.1 Å². The number of carbonyl (C=O) groups excluding carboxylic acids is 9. The smallest absolute Gasteiger partial charge is 0.253 e. The summed E-state index contributed by atoms with van der Waals surface area (Å²) >= 11 is 2.75. The predicted octanol–water partition coefficient (Wildman–Crippen LogP) is 1.54. The van der Waals surface area contributed by atoms with Crippen LogP contribution < -0.4 is 41.0 Å². The van der Waals surface area contributed by atoms with Crippen LogP contribution in [0, 0.1) is 40.1 Å². The van der Waals surface area contributed by atoms with E-state index in [-0.39, 0.29) is 149 Å². The van der Waals surface area contributed by atoms with E-state index in [0.29, 0.717) is 115 Å². The Balaban J connectivity index is 0.0000252. The minimum absolute atomic E-state index is 0. The van der Waals surface area contributed by atoms with Gasteiger partial charge in [0, 0.05) is 127 Å². The number of thioether (sulfide) groups is 1. The Morgan fingerprint density at radius 3 is 1.83 bits per heavy atom. The number of carbonyl (C=O) groups is 9. The third kappa shape index (κ3) is 35.0. The van der Waals surface area contributed by atoms with Gasteiger partial charge in [-0.2, -0.15) is 5.48 Å². The number of nitrogens with zero attached hydrogens (tertiary/aromatic N) is 2. The number of hydroxylamine groups is 1. The Bertz CT molecular complexity index is 4300. The number of rotatable bonds is 58. The van der Waals surface area contributed by atoms with Crippen molar-refractivity contribution in [2.75, 3.05) is 179 Å². The lowest BCUT2D eigenvalue weighted by Gasteiger charge is -2.47. The minimum atomic E-state index is -2.19. The van der Waals surface area contributed by atoms with Crippen molar-refractivity contribution in [3.63, 3.8) is 0 Å². The second-order valence-corrected chi connectivity index (χ2v) is 38.0. The molecule has 5 aliphatic heterocycles. The molecule has 45 heteroatoms. The highest BCUT2D eigenvalue weighted by Crippen LogP contribution is 2.50. The van der Waals surface area contributed by atoms with Crippen molar-refractivity contribution >= 4 is 108 Å². The van der Waals surface area contributed by atoms with Crippen molar-refractivity contribution in [1.29, 1.82) is 0 Å². The number of benzene rings is 1. The summed E-state index contributed by atoms with van der Waals surface area (Å²) in [5.41, 5.74) is 0.928. The fourth-order valence-electron chi connectivity index (χ4n) is 15.3. The molecule has 19 atom stereocenters. The number of aliphatic hydroxyl groups excluding tert-OH is 5. The number of allylic oxidation sites excluding steroid dienone is 3. The number of ether oxygens (including phenoxy) is 18. The van der Waals surface area contributed by atoms with E-state index in [1.165, 1.54) is 81.1 Å². The number of aliphatic hydroxyl groups is 6. The molecule has 4 saturated heterocycles. The highest BCUT2D eigenvalue weighted by atomic mass is 127. The standard InChI is InChI=1S/C90H132IN7O34S3.H2/c1-13-97(58(7)101)61-52-125-71(49-65(61)114-10)130-83-80(111)76(96-132-72-48-62(102)85(56(5)126-72)134-86(112)73-53(2)75(91)82(84(116-12)81(73)115-11)131-87-79(110)59(51-99)78(109)55(4)128-87)54(3)127-88(83)129-64-18-16-14-15-17-25-90(113)50-63(103)77(95-57(6)100)74(64)60(90)24-47-133-135-89(8,9)26-21-66(104)92-27-28-93-68(106)23-31-117-33-35-119-37-39-121-41-43-123-45-46-124-44-42-122-40-38-120-36-34-118-32-29-94-67(105)22-30-98-69(107)19-20-70(98)108;/h14-15,19-20,24,54-56,59,61-62,64-65,71-72,76,78-80,83,85,87-88,96,99,102,109-111,113H,13,21-23,26-52H2,1-12H3,(H,92,104)(H,93,106)(H,94,105)(H,95,100);1H/b15-14-,60-24?;/t54-,55+,56-,59-,61+,62+,64+,65+,71+,72+,76-,78+,79-,80+,83-,85-,87+,88+,90?;/m1./s1. The van der Waals surface area contributed by atoms with E-state index < -0.39 is 161 Å². The summed E-state index contributed by atoms with van der Waals surface area (Å²) in [6.07, 6.45) is -10.7. The van der Waals surface area contributed by atoms with Gasteiger partial charge in [0.2, 0.25) is 46.7 Å². The highest BCUT2D eigenvalue weighted by Gasteiger charge is 2.53. The molecule has 41 nitrogen and oxygen atoms in total. The predicted molar refractivity (Wildman–Crippen MR) is 500 cm³/mol. The van der Waals surface area contributed by atoms with Crippen LogP contribution in [0.15, 0.2) is 47.2 Å². The van der Waals surface area contributed by atoms with E-state index in [1.54, 1.807) is 38.7 Å². The summed E-state index contributed by atoms with van der Waals surface area (Å²) < 4.78 is 106. The van der Waals surface area contributed by atoms with E-state index in [9.17, 15) is 73.8 Å². The van der Waals surface area contributed by atoms with Gasteiger partial charge in [0.15, 0.2) is 41.8 Å². The Morgan fingerprint density at radius 2 is 1.26 bits per heavy atom. The van der Waals surface area contributed by atoms with E-state index >= 15 is 0 Å². The molecule has 758 valence electrons. The number of amides is 7. The first-order valence-corrected chi connectivity index (χ1v) is 49.2. The number of likely N-dealkylation sites (N-methyl/N-ethyl adjacent to an activating group) is 1. The maximum atomic E-state index is 14.6. The zero-order valence-electron chi connectivity index (χ0n) is 78.3. The fraction of sp³-hybridized carbons (Fsp3) is 0.700. The van der Waals surface area contributed by atoms with Crippen LogP contribution in [-0.4, -0.2) is 385 Å². The van der Waals surface area contributed by atoms with Crippen molar-refractivity contribution in [3.8, 4) is 40.9 Å². The Morgan fingerprint density at radius 1 is 0.689 bits per heavy atom. The molecule has 4 fully saturated rings. The summed E-state index contributed by atoms with van der Waals surface area (Å²) in [4.78, 5) is 125. The van der Waals surface area contributed by atoms with Gasteiger partial charge in [0.05, 0.1) is 208 Å². The monoisotopic (exact) mass is 2080 g/mol. The number of imide groups is 1. The van der Waals surface area contributed by atoms with Gasteiger partial charge in [-0.15, -0.1) is 0 Å². The Hall–Kier alpha value is -6.61. The molecule has 5 heterocycles. The summed E-state index contributed by atoms with van der Waals surface area (Å²) in [6.45, 7) is 20.8. The number of halogens is 1. The van der Waals surface area contributed by atoms with Gasteiger partial charge in [-0.05, 0) is 95.2 Å². The highest BCUT2D eigenvalue weighted by molar-refractivity contribution is 14.1. The van der Waals surface area contributed by atoms with Crippen molar-refractivity contribution < 1.29 is 165 Å². The second kappa shape index (κ2) is 58.6. The SMILES string of the molecule is CCN(C(C)=O)[C@H]1CO[C@@H](O[C@H]2[C@H](O[C@H]3C#C/C=C\C#CC4(O)CC(=O)C(NC(C)=O)=C3C4=CCSSC(C)(C)CCC(=O)NCCNC(=O)CCOCCOCCOCCOCCOCCOCCOCCOCCNC(=O)CCN3C(=O)C=CC3=O)O[C@H](C)[C@@H](NO[C@H]3C[C@H](O)[C@H](SC(=O)c4c(C)c(I)c(O[C@@H]5O[C@@H](C)[C@H](O)[C@@H](CO)[C@H]5O)c(OC)c4OC)[C@@H](C)O3)[C@@H]2O)C[C@@H]1OC.[HH]. The summed E-state index contributed by atoms with van der Waals surface area (Å²) in [7, 11) is 6.99. The molecular weight excluding hydrogens is 1950 g/mol. The molecule has 1 unspecified atom stereocenters. The maximum Gasteiger partial charge on any atom is 0.253 e. The Labute approximate surface area is 813 Å². The lowest BCUT2D eigenvalue weighted by Crippen LogP contribution is -2.65. The van der Waals surface area contributed by atoms with Gasteiger partial charge in [0.25, 0.3) is 11.8 Å². The van der Waals surface area contributed by atoms with E-state index in [0.717, 1.165) is 16.7 Å². The molecular formula is C90H134IN7O34S3. The topological polar surface area (TPSA) is 517 Å². The van der Waals surface area contributed by atoms with E-state index in [2.05, 4.69) is 50.4 Å². The number of methoxy groups -OCH3 is 3. The van der Waals surface area contributed by atoms with Crippen LogP contribution in [0.4, 0.5) is 0 Å². The molecule has 0 spiro atoms. The second-order valence-electron chi connectivity index (χ2n) is 32.7. The molecule has 1 aromatic carbocycles. The molecule has 8 rings (SSSR count). The van der Waals surface area contributed by atoms with Crippen LogP contribution in [0.25, 0.3) is 0 Å². The fourth-order valence-corrected chi connectivity index (χ4v) is 19.5. The first kappa shape index (κ1) is 114. The quantitative estimate of drug-likeness (QED) is 0.0110. The third-order valence-electron chi connectivity index (χ3n) is 22.4. The lowest BCUT2D eigenvalue weighted by atomic mass is 9.75. The van der Waals surface area contributed by atoms with Crippen LogP contribution in [0.5, 0.6) is 17.2 Å². The first-order valence-electron chi connectivity index (χ1n) is 44.9. The average Bonchev–Trinajstić information content (AvgIpc) is 0.842. The zero-order chi connectivity index (χ0) is 98.3. The molecule has 2 aliphatic carbocycles. The van der Waals surface area contributed by atoms with Crippen molar-refractivity contribution in [1.82, 2.24) is 36.5 Å². The largest absolute Gasteiger partial charge is 0.492 e. The molecule has 0 aromatic heterocycles. The first-order chi connectivity index (χ1) is 64.7. The molecule has 7 aliphatic rings. The van der Waals surface area contributed by atoms with E-state index in [1.807, 2.05) is 43.4 Å². The third-order valence-corrected chi connectivity index (χ3v) is 28.3. The van der Waals surface area contributed by atoms with Gasteiger partial charge in [-0.25, -0.2) is 0 Å². The molecule has 0 saturated carbocycles. The zero-order valence-corrected chi connectivity index (χ0v) is 82.9. The van der Waals surface area contributed by atoms with Crippen LogP contribution in [0.2, 0.25) is 0 Å². The van der Waals surface area contributed by atoms with Gasteiger partial charge in [0.1, 0.15) is 24.4 Å². The number of hydrogen-bond acceptors (Lipinski definition) is 38.